The van der Waals surface area contributed by atoms with E-state index in [2.05, 4.69) is 5.32 Å². The van der Waals surface area contributed by atoms with Crippen molar-refractivity contribution in [2.24, 2.45) is 0 Å². The van der Waals surface area contributed by atoms with Crippen molar-refractivity contribution in [3.63, 3.8) is 0 Å². The van der Waals surface area contributed by atoms with Crippen molar-refractivity contribution in [2.45, 2.75) is 18.6 Å². The lowest BCUT2D eigenvalue weighted by molar-refractivity contribution is -0.154. The molecule has 0 bridgehead atoms. The maximum absolute atomic E-state index is 13.1. The molecule has 1 aromatic rings. The van der Waals surface area contributed by atoms with Crippen molar-refractivity contribution in [1.82, 2.24) is 10.2 Å². The molecule has 0 saturated carbocycles. The fraction of sp³-hybridized carbons (Fsp3) is 0.467. The van der Waals surface area contributed by atoms with Crippen LogP contribution in [-0.2, 0) is 20.9 Å². The monoisotopic (exact) mass is 328 g/mol. The summed E-state index contributed by atoms with van der Waals surface area (Å²) in [5.41, 5.74) is -1.96. The third-order valence-electron chi connectivity index (χ3n) is 3.70. The molecule has 2 rings (SSSR count). The van der Waals surface area contributed by atoms with E-state index in [1.807, 2.05) is 0 Å². The molecule has 126 valence electrons. The highest BCUT2D eigenvalue weighted by molar-refractivity contribution is 6.09. The van der Waals surface area contributed by atoms with Crippen LogP contribution in [0.1, 0.15) is 12.0 Å². The van der Waals surface area contributed by atoms with Crippen LogP contribution in [0, 0.1) is 11.6 Å². The number of hydrogen-bond donors (Lipinski definition) is 2. The van der Waals surface area contributed by atoms with Crippen molar-refractivity contribution < 1.29 is 28.2 Å². The van der Waals surface area contributed by atoms with E-state index in [1.54, 1.807) is 0 Å². The second-order valence-electron chi connectivity index (χ2n) is 5.36. The molecule has 0 aliphatic carbocycles. The maximum Gasteiger partial charge on any atom is 0.264 e. The smallest absolute Gasteiger partial charge is 0.264 e. The molecule has 1 aliphatic rings. The number of halogens is 2. The number of carbonyl (C=O) groups is 2. The molecule has 2 amide bonds. The number of ether oxygens (including phenoxy) is 1. The zero-order valence-corrected chi connectivity index (χ0v) is 12.6. The first kappa shape index (κ1) is 17.3. The Kier molecular flexibility index (Phi) is 5.27. The van der Waals surface area contributed by atoms with Crippen LogP contribution in [0.25, 0.3) is 0 Å². The molecule has 0 aromatic heterocycles. The molecular formula is C15H18F2N2O4. The van der Waals surface area contributed by atoms with Gasteiger partial charge in [-0.2, -0.15) is 0 Å². The number of rotatable bonds is 6. The summed E-state index contributed by atoms with van der Waals surface area (Å²) in [6.45, 7) is 0.619. The lowest BCUT2D eigenvalue weighted by Gasteiger charge is -2.21. The van der Waals surface area contributed by atoms with Gasteiger partial charge in [-0.25, -0.2) is 8.78 Å². The molecule has 1 aromatic carbocycles. The van der Waals surface area contributed by atoms with Gasteiger partial charge in [-0.05, 0) is 17.7 Å². The average molecular weight is 328 g/mol. The van der Waals surface area contributed by atoms with Crippen LogP contribution < -0.4 is 5.32 Å². The lowest BCUT2D eigenvalue weighted by Crippen LogP contribution is -2.52. The Balaban J connectivity index is 1.98. The minimum absolute atomic E-state index is 0.0428. The van der Waals surface area contributed by atoms with Crippen molar-refractivity contribution in [3.05, 3.63) is 35.4 Å². The number of benzene rings is 1. The number of amides is 2. The van der Waals surface area contributed by atoms with Crippen LogP contribution in [0.3, 0.4) is 0 Å². The fourth-order valence-corrected chi connectivity index (χ4v) is 2.43. The fourth-order valence-electron chi connectivity index (χ4n) is 2.43. The van der Waals surface area contributed by atoms with E-state index in [4.69, 9.17) is 4.74 Å². The normalized spacial score (nSPS) is 20.9. The Morgan fingerprint density at radius 3 is 2.65 bits per heavy atom. The van der Waals surface area contributed by atoms with E-state index in [0.717, 1.165) is 12.1 Å². The quantitative estimate of drug-likeness (QED) is 0.731. The third-order valence-corrected chi connectivity index (χ3v) is 3.70. The summed E-state index contributed by atoms with van der Waals surface area (Å²) in [7, 11) is 1.48. The van der Waals surface area contributed by atoms with Gasteiger partial charge in [0.2, 0.25) is 5.60 Å². The highest BCUT2D eigenvalue weighted by atomic mass is 19.1. The van der Waals surface area contributed by atoms with Crippen molar-refractivity contribution in [1.29, 1.82) is 0 Å². The molecule has 0 spiro atoms. The summed E-state index contributed by atoms with van der Waals surface area (Å²) in [5.74, 6) is -3.11. The molecule has 0 unspecified atom stereocenters. The van der Waals surface area contributed by atoms with Crippen LogP contribution in [0.4, 0.5) is 8.78 Å². The zero-order chi connectivity index (χ0) is 17.0. The molecular weight excluding hydrogens is 310 g/mol. The Morgan fingerprint density at radius 1 is 1.39 bits per heavy atom. The lowest BCUT2D eigenvalue weighted by atomic mass is 10.0. The summed E-state index contributed by atoms with van der Waals surface area (Å²) in [6, 6.07) is 2.84. The summed E-state index contributed by atoms with van der Waals surface area (Å²) >= 11 is 0. The van der Waals surface area contributed by atoms with Crippen LogP contribution in [0.2, 0.25) is 0 Å². The van der Waals surface area contributed by atoms with E-state index in [9.17, 15) is 23.5 Å². The summed E-state index contributed by atoms with van der Waals surface area (Å²) < 4.78 is 31.0. The van der Waals surface area contributed by atoms with E-state index in [1.165, 1.54) is 12.0 Å². The predicted octanol–water partition coefficient (Wildman–Crippen LogP) is 0.191. The molecule has 0 radical (unpaired) electrons. The average Bonchev–Trinajstić information content (AvgIpc) is 2.79. The van der Waals surface area contributed by atoms with E-state index >= 15 is 0 Å². The molecule has 1 heterocycles. The van der Waals surface area contributed by atoms with Crippen LogP contribution in [-0.4, -0.2) is 54.2 Å². The maximum atomic E-state index is 13.1. The van der Waals surface area contributed by atoms with Gasteiger partial charge in [0.25, 0.3) is 11.8 Å². The molecule has 1 aliphatic heterocycles. The van der Waals surface area contributed by atoms with Gasteiger partial charge in [0.15, 0.2) is 0 Å². The Bertz CT molecular complexity index is 591. The SMILES string of the molecule is COCCN1CC[C@](O)(C(=O)NCc2cc(F)cc(F)c2)C1=O. The Morgan fingerprint density at radius 2 is 2.04 bits per heavy atom. The molecule has 8 heteroatoms. The zero-order valence-electron chi connectivity index (χ0n) is 12.6. The first-order chi connectivity index (χ1) is 10.9. The number of hydrogen-bond acceptors (Lipinski definition) is 4. The van der Waals surface area contributed by atoms with E-state index in [-0.39, 0.29) is 31.6 Å². The van der Waals surface area contributed by atoms with Gasteiger partial charge in [-0.1, -0.05) is 0 Å². The molecule has 6 nitrogen and oxygen atoms in total. The first-order valence-corrected chi connectivity index (χ1v) is 7.11. The first-order valence-electron chi connectivity index (χ1n) is 7.11. The minimum Gasteiger partial charge on any atom is -0.383 e. The van der Waals surface area contributed by atoms with E-state index in [0.29, 0.717) is 12.7 Å². The molecule has 1 fully saturated rings. The van der Waals surface area contributed by atoms with Gasteiger partial charge in [-0.3, -0.25) is 9.59 Å². The van der Waals surface area contributed by atoms with Crippen molar-refractivity contribution in [3.8, 4) is 0 Å². The van der Waals surface area contributed by atoms with Gasteiger partial charge in [0, 0.05) is 39.2 Å². The third kappa shape index (κ3) is 3.83. The Labute approximate surface area is 132 Å². The van der Waals surface area contributed by atoms with Crippen LogP contribution in [0.5, 0.6) is 0 Å². The largest absolute Gasteiger partial charge is 0.383 e. The van der Waals surface area contributed by atoms with Gasteiger partial charge >= 0.3 is 0 Å². The number of methoxy groups -OCH3 is 1. The highest BCUT2D eigenvalue weighted by Gasteiger charge is 2.50. The van der Waals surface area contributed by atoms with E-state index < -0.39 is 29.0 Å². The molecule has 1 saturated heterocycles. The summed E-state index contributed by atoms with van der Waals surface area (Å²) in [4.78, 5) is 25.6. The number of likely N-dealkylation sites (tertiary alicyclic amines) is 1. The number of carbonyl (C=O) groups excluding carboxylic acids is 2. The summed E-state index contributed by atoms with van der Waals surface area (Å²) in [5, 5.41) is 12.6. The van der Waals surface area contributed by atoms with Crippen molar-refractivity contribution >= 4 is 11.8 Å². The number of nitrogens with one attached hydrogen (secondary N) is 1. The standard InChI is InChI=1S/C15H18F2N2O4/c1-23-5-4-19-3-2-15(22,14(19)21)13(20)18-9-10-6-11(16)8-12(17)7-10/h6-8,22H,2-5,9H2,1H3,(H,18,20)/t15-/m0/s1. The van der Waals surface area contributed by atoms with Gasteiger partial charge < -0.3 is 20.1 Å². The van der Waals surface area contributed by atoms with Crippen molar-refractivity contribution in [2.75, 3.05) is 26.8 Å². The van der Waals surface area contributed by atoms with Gasteiger partial charge in [-0.15, -0.1) is 0 Å². The second-order valence-corrected chi connectivity index (χ2v) is 5.36. The number of aliphatic hydroxyl groups is 1. The van der Waals surface area contributed by atoms with Gasteiger partial charge in [0.1, 0.15) is 11.6 Å². The Hall–Kier alpha value is -2.06. The molecule has 2 N–H and O–H groups in total. The number of nitrogens with zero attached hydrogens (tertiary/aromatic N) is 1. The van der Waals surface area contributed by atoms with Crippen LogP contribution >= 0.6 is 0 Å². The highest BCUT2D eigenvalue weighted by Crippen LogP contribution is 2.23. The minimum atomic E-state index is -2.15. The molecule has 1 atom stereocenters. The van der Waals surface area contributed by atoms with Crippen LogP contribution in [0.15, 0.2) is 18.2 Å². The summed E-state index contributed by atoms with van der Waals surface area (Å²) in [6.07, 6.45) is -0.0428. The molecule has 23 heavy (non-hydrogen) atoms. The second kappa shape index (κ2) is 7.01. The topological polar surface area (TPSA) is 78.9 Å². The van der Waals surface area contributed by atoms with Gasteiger partial charge in [0.05, 0.1) is 6.61 Å². The predicted molar refractivity (Wildman–Crippen MR) is 76.2 cm³/mol.